The van der Waals surface area contributed by atoms with E-state index in [9.17, 15) is 4.79 Å². The number of anilines is 1. The molecule has 3 aromatic rings. The molecule has 1 aliphatic rings. The zero-order valence-corrected chi connectivity index (χ0v) is 17.0. The number of benzene rings is 2. The van der Waals surface area contributed by atoms with Gasteiger partial charge >= 0.3 is 0 Å². The van der Waals surface area contributed by atoms with E-state index in [1.165, 1.54) is 7.11 Å². The van der Waals surface area contributed by atoms with Gasteiger partial charge in [-0.05, 0) is 25.1 Å². The number of hydrazone groups is 1. The Morgan fingerprint density at radius 3 is 2.59 bits per heavy atom. The first-order chi connectivity index (χ1) is 14.0. The van der Waals surface area contributed by atoms with Crippen molar-refractivity contribution in [3.63, 3.8) is 0 Å². The summed E-state index contributed by atoms with van der Waals surface area (Å²) in [4.78, 5) is 17.6. The lowest BCUT2D eigenvalue weighted by Crippen LogP contribution is -2.36. The molecule has 0 radical (unpaired) electrons. The molecular formula is C20H19ClN6O2. The van der Waals surface area contributed by atoms with Crippen LogP contribution in [0, 0.1) is 6.92 Å². The number of hydrogen-bond donors (Lipinski definition) is 0. The number of carbonyl (C=O) groups is 1. The fraction of sp³-hybridized carbons (Fsp3) is 0.200. The van der Waals surface area contributed by atoms with Crippen molar-refractivity contribution in [2.75, 3.05) is 25.7 Å². The Balaban J connectivity index is 1.92. The summed E-state index contributed by atoms with van der Waals surface area (Å²) in [5.74, 6) is 0.874. The van der Waals surface area contributed by atoms with E-state index in [4.69, 9.17) is 21.5 Å². The van der Waals surface area contributed by atoms with Gasteiger partial charge in [0.25, 0.3) is 11.9 Å². The summed E-state index contributed by atoms with van der Waals surface area (Å²) in [6.45, 7) is 1.80. The number of aryl methyl sites for hydroxylation is 1. The zero-order valence-electron chi connectivity index (χ0n) is 16.2. The predicted octanol–water partition coefficient (Wildman–Crippen LogP) is 2.82. The topological polar surface area (TPSA) is 75.8 Å². The van der Waals surface area contributed by atoms with Crippen LogP contribution in [0.5, 0.6) is 0 Å². The molecule has 2 heterocycles. The van der Waals surface area contributed by atoms with Gasteiger partial charge in [0.1, 0.15) is 18.1 Å². The van der Waals surface area contributed by atoms with Crippen LogP contribution in [-0.4, -0.2) is 52.1 Å². The standard InChI is InChI=1S/C20H19ClN6O2/c1-13-22-23-20-26(12-18(28)25(2)29-3)24-19(14-8-10-15(21)11-9-14)16-6-4-5-7-17(16)27(13)20/h4-11H,12H2,1-3H3. The molecule has 0 atom stereocenters. The molecule has 0 saturated carbocycles. The lowest BCUT2D eigenvalue weighted by Gasteiger charge is -2.20. The summed E-state index contributed by atoms with van der Waals surface area (Å²) in [6, 6.07) is 15.3. The van der Waals surface area contributed by atoms with Gasteiger partial charge in [-0.1, -0.05) is 41.9 Å². The first-order valence-electron chi connectivity index (χ1n) is 8.94. The van der Waals surface area contributed by atoms with E-state index in [1.54, 1.807) is 12.1 Å². The molecule has 29 heavy (non-hydrogen) atoms. The van der Waals surface area contributed by atoms with Gasteiger partial charge in [0.05, 0.1) is 12.8 Å². The molecule has 0 unspecified atom stereocenters. The zero-order chi connectivity index (χ0) is 20.5. The molecule has 8 nitrogen and oxygen atoms in total. The van der Waals surface area contributed by atoms with Crippen molar-refractivity contribution < 1.29 is 9.63 Å². The minimum Gasteiger partial charge on any atom is -0.275 e. The third-order valence-electron chi connectivity index (χ3n) is 4.69. The monoisotopic (exact) mass is 410 g/mol. The number of aromatic nitrogens is 3. The predicted molar refractivity (Wildman–Crippen MR) is 110 cm³/mol. The maximum atomic E-state index is 12.5. The number of hydrogen-bond acceptors (Lipinski definition) is 6. The average molecular weight is 411 g/mol. The van der Waals surface area contributed by atoms with Gasteiger partial charge in [-0.25, -0.2) is 10.1 Å². The van der Waals surface area contributed by atoms with Crippen molar-refractivity contribution in [1.82, 2.24) is 19.8 Å². The quantitative estimate of drug-likeness (QED) is 0.618. The summed E-state index contributed by atoms with van der Waals surface area (Å²) < 4.78 is 1.89. The molecule has 2 aromatic carbocycles. The maximum absolute atomic E-state index is 12.5. The summed E-state index contributed by atoms with van der Waals surface area (Å²) in [7, 11) is 2.99. The minimum absolute atomic E-state index is 0.0620. The first kappa shape index (κ1) is 19.1. The molecule has 0 saturated heterocycles. The van der Waals surface area contributed by atoms with Gasteiger partial charge < -0.3 is 0 Å². The largest absolute Gasteiger partial charge is 0.275 e. The van der Waals surface area contributed by atoms with Gasteiger partial charge in [-0.2, -0.15) is 5.10 Å². The van der Waals surface area contributed by atoms with Gasteiger partial charge in [0.2, 0.25) is 0 Å². The molecule has 0 bridgehead atoms. The molecular weight excluding hydrogens is 392 g/mol. The van der Waals surface area contributed by atoms with Crippen LogP contribution in [0.25, 0.3) is 5.69 Å². The molecule has 9 heteroatoms. The van der Waals surface area contributed by atoms with E-state index < -0.39 is 0 Å². The summed E-state index contributed by atoms with van der Waals surface area (Å²) in [6.07, 6.45) is 0. The SMILES string of the molecule is CON(C)C(=O)CN1N=C(c2ccc(Cl)cc2)c2ccccc2-n2c(C)nnc21. The van der Waals surface area contributed by atoms with Crippen molar-refractivity contribution in [2.45, 2.75) is 6.92 Å². The third kappa shape index (κ3) is 3.48. The number of carbonyl (C=O) groups excluding carboxylic acids is 1. The number of likely N-dealkylation sites (N-methyl/N-ethyl adjacent to an activating group) is 1. The van der Waals surface area contributed by atoms with Crippen LogP contribution >= 0.6 is 11.6 Å². The number of amides is 1. The summed E-state index contributed by atoms with van der Waals surface area (Å²) in [5.41, 5.74) is 3.36. The van der Waals surface area contributed by atoms with Gasteiger partial charge in [-0.3, -0.25) is 14.2 Å². The highest BCUT2D eigenvalue weighted by atomic mass is 35.5. The van der Waals surface area contributed by atoms with Crippen molar-refractivity contribution in [3.05, 3.63) is 70.5 Å². The van der Waals surface area contributed by atoms with Gasteiger partial charge in [0.15, 0.2) is 0 Å². The molecule has 4 rings (SSSR count). The molecule has 0 aliphatic carbocycles. The van der Waals surface area contributed by atoms with Crippen LogP contribution in [0.1, 0.15) is 17.0 Å². The molecule has 0 spiro atoms. The number of fused-ring (bicyclic) bond motifs is 3. The maximum Gasteiger partial charge on any atom is 0.267 e. The highest BCUT2D eigenvalue weighted by molar-refractivity contribution is 6.30. The van der Waals surface area contributed by atoms with Crippen LogP contribution in [0.15, 0.2) is 53.6 Å². The molecule has 0 fully saturated rings. The first-order valence-corrected chi connectivity index (χ1v) is 9.32. The Kier molecular flexibility index (Phi) is 5.04. The number of nitrogens with zero attached hydrogens (tertiary/aromatic N) is 6. The lowest BCUT2D eigenvalue weighted by molar-refractivity contribution is -0.166. The smallest absolute Gasteiger partial charge is 0.267 e. The van der Waals surface area contributed by atoms with E-state index in [1.807, 2.05) is 60.0 Å². The van der Waals surface area contributed by atoms with Gasteiger partial charge in [0, 0.05) is 23.2 Å². The van der Waals surface area contributed by atoms with E-state index in [0.717, 1.165) is 21.9 Å². The van der Waals surface area contributed by atoms with Crippen LogP contribution in [0.3, 0.4) is 0 Å². The van der Waals surface area contributed by atoms with E-state index in [-0.39, 0.29) is 12.5 Å². The number of para-hydroxylation sites is 1. The average Bonchev–Trinajstić information content (AvgIpc) is 3.05. The Morgan fingerprint density at radius 1 is 1.14 bits per heavy atom. The second-order valence-corrected chi connectivity index (χ2v) is 6.92. The number of hydroxylamine groups is 2. The van der Waals surface area contributed by atoms with Crippen LogP contribution in [0.2, 0.25) is 5.02 Å². The van der Waals surface area contributed by atoms with Crippen LogP contribution in [0.4, 0.5) is 5.95 Å². The molecule has 1 aromatic heterocycles. The third-order valence-corrected chi connectivity index (χ3v) is 4.94. The fourth-order valence-electron chi connectivity index (χ4n) is 3.15. The van der Waals surface area contributed by atoms with Crippen LogP contribution < -0.4 is 5.01 Å². The number of rotatable bonds is 4. The Hall–Kier alpha value is -3.23. The van der Waals surface area contributed by atoms with E-state index >= 15 is 0 Å². The Labute approximate surface area is 172 Å². The molecule has 1 aliphatic heterocycles. The molecule has 1 amide bonds. The van der Waals surface area contributed by atoms with E-state index in [2.05, 4.69) is 10.2 Å². The van der Waals surface area contributed by atoms with Gasteiger partial charge in [-0.15, -0.1) is 10.2 Å². The second kappa shape index (κ2) is 7.65. The Morgan fingerprint density at radius 2 is 1.86 bits per heavy atom. The fourth-order valence-corrected chi connectivity index (χ4v) is 3.27. The highest BCUT2D eigenvalue weighted by Crippen LogP contribution is 2.29. The van der Waals surface area contributed by atoms with Crippen molar-refractivity contribution >= 4 is 29.2 Å². The lowest BCUT2D eigenvalue weighted by atomic mass is 10.0. The molecule has 0 N–H and O–H groups in total. The van der Waals surface area contributed by atoms with Crippen molar-refractivity contribution in [3.8, 4) is 5.69 Å². The summed E-state index contributed by atoms with van der Waals surface area (Å²) in [5, 5.41) is 16.6. The highest BCUT2D eigenvalue weighted by Gasteiger charge is 2.28. The van der Waals surface area contributed by atoms with E-state index in [0.29, 0.717) is 22.5 Å². The number of halogens is 1. The van der Waals surface area contributed by atoms with Crippen molar-refractivity contribution in [1.29, 1.82) is 0 Å². The minimum atomic E-state index is -0.273. The second-order valence-electron chi connectivity index (χ2n) is 6.49. The summed E-state index contributed by atoms with van der Waals surface area (Å²) >= 11 is 6.07. The normalized spacial score (nSPS) is 12.7. The Bertz CT molecular complexity index is 1090. The van der Waals surface area contributed by atoms with Crippen LogP contribution in [-0.2, 0) is 9.63 Å². The van der Waals surface area contributed by atoms with Crippen molar-refractivity contribution in [2.24, 2.45) is 5.10 Å². The molecule has 148 valence electrons.